The van der Waals surface area contributed by atoms with Crippen LogP contribution in [-0.4, -0.2) is 136 Å². The summed E-state index contributed by atoms with van der Waals surface area (Å²) in [6, 6.07) is 0. The van der Waals surface area contributed by atoms with Crippen molar-refractivity contribution in [3.05, 3.63) is 0 Å². The molecule has 12 heteroatoms. The lowest BCUT2D eigenvalue weighted by atomic mass is 9.95. The third-order valence-electron chi connectivity index (χ3n) is 15.9. The van der Waals surface area contributed by atoms with Gasteiger partial charge in [-0.3, -0.25) is 14.5 Å². The summed E-state index contributed by atoms with van der Waals surface area (Å²) >= 11 is 0. The van der Waals surface area contributed by atoms with Gasteiger partial charge in [0.2, 0.25) is 0 Å². The van der Waals surface area contributed by atoms with Gasteiger partial charge in [0.1, 0.15) is 13.2 Å². The maximum atomic E-state index is 13.7. The van der Waals surface area contributed by atoms with Crippen molar-refractivity contribution in [3.8, 4) is 0 Å². The first-order valence-corrected chi connectivity index (χ1v) is 33.7. The highest BCUT2D eigenvalue weighted by Gasteiger charge is 2.20. The van der Waals surface area contributed by atoms with Crippen LogP contribution in [0.4, 0.5) is 9.59 Å². The molecule has 0 aliphatic rings. The lowest BCUT2D eigenvalue weighted by molar-refractivity contribution is -0.146. The van der Waals surface area contributed by atoms with E-state index in [2.05, 4.69) is 65.2 Å². The van der Waals surface area contributed by atoms with E-state index >= 15 is 0 Å². The average Bonchev–Trinajstić information content (AvgIpc) is 3.44. The van der Waals surface area contributed by atoms with Crippen LogP contribution < -0.4 is 0 Å². The summed E-state index contributed by atoms with van der Waals surface area (Å²) in [4.78, 5) is 61.7. The zero-order valence-corrected chi connectivity index (χ0v) is 53.0. The van der Waals surface area contributed by atoms with E-state index < -0.39 is 0 Å². The van der Waals surface area contributed by atoms with Gasteiger partial charge in [-0.15, -0.1) is 0 Å². The van der Waals surface area contributed by atoms with Crippen LogP contribution in [0.15, 0.2) is 0 Å². The van der Waals surface area contributed by atoms with Crippen molar-refractivity contribution in [2.45, 2.75) is 299 Å². The molecule has 0 aromatic carbocycles. The summed E-state index contributed by atoms with van der Waals surface area (Å²) in [6.45, 7) is 26.3. The average molecular weight is 1110 g/mol. The summed E-state index contributed by atoms with van der Waals surface area (Å²) in [6.07, 6.45) is 41.0. The number of hydrogen-bond acceptors (Lipinski definition) is 10. The molecule has 0 spiro atoms. The van der Waals surface area contributed by atoms with Gasteiger partial charge in [-0.05, 0) is 89.1 Å². The predicted octanol–water partition coefficient (Wildman–Crippen LogP) is 17.8. The van der Waals surface area contributed by atoms with Gasteiger partial charge in [0.25, 0.3) is 0 Å². The Hall–Kier alpha value is -2.60. The van der Waals surface area contributed by atoms with Crippen LogP contribution in [0.3, 0.4) is 0 Å². The highest BCUT2D eigenvalue weighted by Crippen LogP contribution is 2.21. The summed E-state index contributed by atoms with van der Waals surface area (Å²) in [7, 11) is 0. The number of amides is 2. The second-order valence-electron chi connectivity index (χ2n) is 23.0. The van der Waals surface area contributed by atoms with Crippen molar-refractivity contribution >= 4 is 24.1 Å². The Bertz CT molecular complexity index is 1220. The molecule has 0 aliphatic heterocycles. The molecular weight excluding hydrogens is 977 g/mol. The minimum absolute atomic E-state index is 0.123. The van der Waals surface area contributed by atoms with Gasteiger partial charge < -0.3 is 33.6 Å². The van der Waals surface area contributed by atoms with Gasteiger partial charge in [0, 0.05) is 65.2 Å². The third-order valence-corrected chi connectivity index (χ3v) is 15.9. The normalized spacial score (nSPS) is 11.6. The number of ether oxygens (including phenoxy) is 4. The van der Waals surface area contributed by atoms with Gasteiger partial charge >= 0.3 is 24.1 Å². The Labute approximate surface area is 483 Å². The number of nitrogens with zero attached hydrogens (tertiary/aromatic N) is 4. The molecule has 0 aromatic heterocycles. The fourth-order valence-electron chi connectivity index (χ4n) is 10.4. The van der Waals surface area contributed by atoms with E-state index in [-0.39, 0.29) is 37.3 Å². The Morgan fingerprint density at radius 2 is 0.577 bits per heavy atom. The Kier molecular flexibility index (Phi) is 55.7. The highest BCUT2D eigenvalue weighted by molar-refractivity contribution is 5.70. The lowest BCUT2D eigenvalue weighted by Gasteiger charge is -2.28. The maximum absolute atomic E-state index is 13.7. The van der Waals surface area contributed by atoms with E-state index in [0.29, 0.717) is 90.0 Å². The minimum atomic E-state index is -0.298. The number of hydrogen-bond donors (Lipinski definition) is 0. The fraction of sp³-hybridized carbons (Fsp3) is 0.939. The number of carbonyl (C=O) groups is 4. The quantitative estimate of drug-likeness (QED) is 0.0331. The van der Waals surface area contributed by atoms with Crippen molar-refractivity contribution in [3.63, 3.8) is 0 Å². The van der Waals surface area contributed by atoms with Gasteiger partial charge in [0.05, 0.1) is 13.2 Å². The van der Waals surface area contributed by atoms with Crippen molar-refractivity contribution in [1.82, 2.24) is 19.6 Å². The second-order valence-corrected chi connectivity index (χ2v) is 23.0. The molecule has 0 saturated carbocycles. The second kappa shape index (κ2) is 57.6. The summed E-state index contributed by atoms with van der Waals surface area (Å²) in [5, 5.41) is 0. The first-order valence-electron chi connectivity index (χ1n) is 33.7. The maximum Gasteiger partial charge on any atom is 0.409 e. The standard InChI is InChI=1S/C66H130N4O8/c1-9-17-23-29-31-39-49-69(51-41-37-47-63(71)77-59-61(43-33-25-19-11-3)44-34-26-20-12-4)65(73)75-57-55-68(54-53-67(15-7)16-8)56-58-76-66(74)70(50-40-32-30-24-18-10-2)52-42-38-48-64(72)78-60-62(45-35-27-21-13-5)46-36-28-22-14-6/h61-62H,9-60H2,1-8H3. The van der Waals surface area contributed by atoms with E-state index in [4.69, 9.17) is 18.9 Å². The number of unbranched alkanes of at least 4 members (excludes halogenated alkanes) is 24. The molecule has 462 valence electrons. The molecule has 0 aromatic rings. The van der Waals surface area contributed by atoms with Crippen molar-refractivity contribution in [2.75, 3.05) is 91.9 Å². The van der Waals surface area contributed by atoms with E-state index in [0.717, 1.165) is 90.4 Å². The van der Waals surface area contributed by atoms with Crippen LogP contribution in [0.1, 0.15) is 299 Å². The molecule has 0 fully saturated rings. The van der Waals surface area contributed by atoms with Gasteiger partial charge in [-0.25, -0.2) is 9.59 Å². The summed E-state index contributed by atoms with van der Waals surface area (Å²) in [5.41, 5.74) is 0. The number of carbonyl (C=O) groups excluding carboxylic acids is 4. The van der Waals surface area contributed by atoms with Crippen LogP contribution in [0.2, 0.25) is 0 Å². The monoisotopic (exact) mass is 1110 g/mol. The van der Waals surface area contributed by atoms with Crippen LogP contribution in [0, 0.1) is 11.8 Å². The first kappa shape index (κ1) is 75.4. The molecule has 0 heterocycles. The van der Waals surface area contributed by atoms with E-state index in [1.54, 1.807) is 0 Å². The molecule has 0 saturated heterocycles. The zero-order valence-electron chi connectivity index (χ0n) is 53.0. The number of esters is 2. The van der Waals surface area contributed by atoms with E-state index in [9.17, 15) is 19.2 Å². The van der Waals surface area contributed by atoms with E-state index in [1.807, 2.05) is 9.80 Å². The molecule has 0 rings (SSSR count). The molecule has 0 bridgehead atoms. The number of rotatable bonds is 59. The topological polar surface area (TPSA) is 118 Å². The molecular formula is C66H130N4O8. The zero-order chi connectivity index (χ0) is 57.4. The first-order chi connectivity index (χ1) is 38.1. The summed E-state index contributed by atoms with van der Waals surface area (Å²) < 4.78 is 23.7. The largest absolute Gasteiger partial charge is 0.465 e. The predicted molar refractivity (Wildman–Crippen MR) is 328 cm³/mol. The van der Waals surface area contributed by atoms with Crippen LogP contribution in [0.25, 0.3) is 0 Å². The Morgan fingerprint density at radius 1 is 0.295 bits per heavy atom. The van der Waals surface area contributed by atoms with Gasteiger partial charge in [0.15, 0.2) is 0 Å². The molecule has 0 atom stereocenters. The smallest absolute Gasteiger partial charge is 0.409 e. The molecule has 0 aliphatic carbocycles. The van der Waals surface area contributed by atoms with Crippen LogP contribution >= 0.6 is 0 Å². The fourth-order valence-corrected chi connectivity index (χ4v) is 10.4. The van der Waals surface area contributed by atoms with Gasteiger partial charge in [-0.2, -0.15) is 0 Å². The molecule has 0 unspecified atom stereocenters. The molecule has 0 radical (unpaired) electrons. The van der Waals surface area contributed by atoms with Crippen molar-refractivity contribution in [2.24, 2.45) is 11.8 Å². The minimum Gasteiger partial charge on any atom is -0.465 e. The van der Waals surface area contributed by atoms with Crippen molar-refractivity contribution < 1.29 is 38.1 Å². The molecule has 78 heavy (non-hydrogen) atoms. The van der Waals surface area contributed by atoms with Crippen LogP contribution in [-0.2, 0) is 28.5 Å². The molecule has 0 N–H and O–H groups in total. The summed E-state index contributed by atoms with van der Waals surface area (Å²) in [5.74, 6) is 0.647. The van der Waals surface area contributed by atoms with E-state index in [1.165, 1.54) is 154 Å². The SMILES string of the molecule is CCCCCCCCN(CCCCC(=O)OCC(CCCCCC)CCCCCC)C(=O)OCCN(CCOC(=O)N(CCCCCCCC)CCCCC(=O)OCC(CCCCCC)CCCCCC)CCN(CC)CC. The number of likely N-dealkylation sites (N-methyl/N-ethyl adjacent to an activating group) is 1. The Morgan fingerprint density at radius 3 is 0.897 bits per heavy atom. The third kappa shape index (κ3) is 47.1. The van der Waals surface area contributed by atoms with Crippen molar-refractivity contribution in [1.29, 1.82) is 0 Å². The molecule has 2 amide bonds. The lowest BCUT2D eigenvalue weighted by Crippen LogP contribution is -2.41. The van der Waals surface area contributed by atoms with Gasteiger partial charge in [-0.1, -0.05) is 222 Å². The Balaban J connectivity index is 5.53. The highest BCUT2D eigenvalue weighted by atomic mass is 16.6. The van der Waals surface area contributed by atoms with Crippen LogP contribution in [0.5, 0.6) is 0 Å². The molecule has 12 nitrogen and oxygen atoms in total.